The molecule has 1 aromatic rings. The number of nitro benzene ring substituents is 1. The maximum atomic E-state index is 13.6. The van der Waals surface area contributed by atoms with Gasteiger partial charge in [0.15, 0.2) is 5.82 Å². The van der Waals surface area contributed by atoms with Crippen LogP contribution in [-0.4, -0.2) is 41.3 Å². The second kappa shape index (κ2) is 7.22. The Hall–Kier alpha value is -2.43. The minimum absolute atomic E-state index is 0.0505. The van der Waals surface area contributed by atoms with Crippen molar-refractivity contribution in [2.45, 2.75) is 18.6 Å². The summed E-state index contributed by atoms with van der Waals surface area (Å²) < 4.78 is 45.3. The van der Waals surface area contributed by atoms with Crippen molar-refractivity contribution in [3.8, 4) is 0 Å². The van der Waals surface area contributed by atoms with E-state index in [1.807, 2.05) is 4.90 Å². The Labute approximate surface area is 127 Å². The number of non-ortho nitro benzene ring substituents is 1. The van der Waals surface area contributed by atoms with Crippen LogP contribution >= 0.6 is 0 Å². The molecule has 11 heteroatoms. The van der Waals surface area contributed by atoms with Crippen molar-refractivity contribution < 1.29 is 32.4 Å². The van der Waals surface area contributed by atoms with Crippen LogP contribution in [0.5, 0.6) is 0 Å². The minimum atomic E-state index is -5.08. The lowest BCUT2D eigenvalue weighted by molar-refractivity contribution is -0.385. The van der Waals surface area contributed by atoms with Crippen molar-refractivity contribution in [2.24, 2.45) is 5.73 Å². The Bertz CT molecular complexity index is 594. The van der Waals surface area contributed by atoms with Gasteiger partial charge >= 0.3 is 12.1 Å². The fourth-order valence-electron chi connectivity index (χ4n) is 1.87. The third-order valence-corrected chi connectivity index (χ3v) is 2.95. The Kier molecular flexibility index (Phi) is 5.85. The molecule has 0 aliphatic carbocycles. The predicted molar refractivity (Wildman–Crippen MR) is 71.6 cm³/mol. The van der Waals surface area contributed by atoms with E-state index in [1.165, 1.54) is 12.1 Å². The van der Waals surface area contributed by atoms with Gasteiger partial charge in [0.2, 0.25) is 0 Å². The van der Waals surface area contributed by atoms with Crippen LogP contribution in [0.4, 0.5) is 28.9 Å². The van der Waals surface area contributed by atoms with E-state index in [2.05, 4.69) is 0 Å². The highest BCUT2D eigenvalue weighted by Crippen LogP contribution is 2.26. The van der Waals surface area contributed by atoms with Gasteiger partial charge in [-0.1, -0.05) is 0 Å². The number of hydrogen-bond acceptors (Lipinski definition) is 5. The molecule has 128 valence electrons. The Morgan fingerprint density at radius 3 is 2.35 bits per heavy atom. The molecule has 1 heterocycles. The molecule has 2 rings (SSSR count). The zero-order chi connectivity index (χ0) is 17.8. The number of halogens is 4. The summed E-state index contributed by atoms with van der Waals surface area (Å²) in [6.45, 7) is 1.28. The molecule has 7 nitrogen and oxygen atoms in total. The number of alkyl halides is 3. The summed E-state index contributed by atoms with van der Waals surface area (Å²) in [5.74, 6) is -3.32. The second-order valence-electron chi connectivity index (χ2n) is 4.69. The third-order valence-electron chi connectivity index (χ3n) is 2.95. The van der Waals surface area contributed by atoms with Crippen molar-refractivity contribution in [1.82, 2.24) is 0 Å². The molecule has 0 bridgehead atoms. The maximum Gasteiger partial charge on any atom is 0.490 e. The number of rotatable bonds is 2. The number of aliphatic carboxylic acids is 1. The van der Waals surface area contributed by atoms with Crippen LogP contribution in [0.15, 0.2) is 18.2 Å². The normalized spacial score (nSPS) is 17.4. The van der Waals surface area contributed by atoms with Crippen molar-refractivity contribution in [2.75, 3.05) is 18.0 Å². The molecule has 0 radical (unpaired) electrons. The van der Waals surface area contributed by atoms with E-state index in [0.29, 0.717) is 18.8 Å². The summed E-state index contributed by atoms with van der Waals surface area (Å²) in [6.07, 6.45) is -4.27. The molecule has 1 fully saturated rings. The zero-order valence-corrected chi connectivity index (χ0v) is 11.6. The van der Waals surface area contributed by atoms with E-state index in [1.54, 1.807) is 0 Å². The maximum absolute atomic E-state index is 13.6. The number of hydrogen-bond donors (Lipinski definition) is 2. The van der Waals surface area contributed by atoms with Crippen molar-refractivity contribution in [3.63, 3.8) is 0 Å². The van der Waals surface area contributed by atoms with E-state index in [4.69, 9.17) is 15.6 Å². The van der Waals surface area contributed by atoms with Gasteiger partial charge in [-0.25, -0.2) is 9.18 Å². The van der Waals surface area contributed by atoms with E-state index >= 15 is 0 Å². The molecule has 1 aliphatic rings. The zero-order valence-electron chi connectivity index (χ0n) is 11.6. The van der Waals surface area contributed by atoms with E-state index < -0.39 is 22.9 Å². The third kappa shape index (κ3) is 5.36. The average Bonchev–Trinajstić information content (AvgIpc) is 2.84. The van der Waals surface area contributed by atoms with Crippen LogP contribution < -0.4 is 10.6 Å². The molecule has 1 aromatic carbocycles. The lowest BCUT2D eigenvalue weighted by Gasteiger charge is -2.18. The molecule has 1 unspecified atom stereocenters. The van der Waals surface area contributed by atoms with Crippen molar-refractivity contribution in [1.29, 1.82) is 0 Å². The number of nitrogens with zero attached hydrogens (tertiary/aromatic N) is 2. The number of carboxylic acid groups (broad SMARTS) is 1. The predicted octanol–water partition coefficient (Wildman–Crippen LogP) is 1.90. The molecule has 3 N–H and O–H groups in total. The van der Waals surface area contributed by atoms with Crippen LogP contribution in [0.25, 0.3) is 0 Å². The molecule has 1 atom stereocenters. The fraction of sp³-hybridized carbons (Fsp3) is 0.417. The number of benzene rings is 1. The number of carbonyl (C=O) groups is 1. The standard InChI is InChI=1S/C10H12FN3O2.C2HF3O2/c11-9-5-8(14(15)16)1-2-10(9)13-4-3-7(12)6-13;3-2(4,5)1(6)7/h1-2,5,7H,3-4,6,12H2;(H,6,7). The first-order chi connectivity index (χ1) is 10.5. The highest BCUT2D eigenvalue weighted by molar-refractivity contribution is 5.73. The van der Waals surface area contributed by atoms with Crippen LogP contribution in [-0.2, 0) is 4.79 Å². The van der Waals surface area contributed by atoms with Crippen LogP contribution in [0.2, 0.25) is 0 Å². The lowest BCUT2D eigenvalue weighted by Crippen LogP contribution is -2.26. The molecule has 0 spiro atoms. The van der Waals surface area contributed by atoms with Crippen LogP contribution in [0.1, 0.15) is 6.42 Å². The fourth-order valence-corrected chi connectivity index (χ4v) is 1.87. The van der Waals surface area contributed by atoms with E-state index in [-0.39, 0.29) is 11.7 Å². The monoisotopic (exact) mass is 339 g/mol. The number of carboxylic acids is 1. The van der Waals surface area contributed by atoms with Gasteiger partial charge in [-0.05, 0) is 12.5 Å². The van der Waals surface area contributed by atoms with E-state index in [9.17, 15) is 27.7 Å². The summed E-state index contributed by atoms with van der Waals surface area (Å²) in [5, 5.41) is 17.6. The summed E-state index contributed by atoms with van der Waals surface area (Å²) in [5.41, 5.74) is 5.87. The Morgan fingerprint density at radius 2 is 2.00 bits per heavy atom. The van der Waals surface area contributed by atoms with Gasteiger partial charge in [0.1, 0.15) is 0 Å². The Morgan fingerprint density at radius 1 is 1.43 bits per heavy atom. The van der Waals surface area contributed by atoms with Gasteiger partial charge in [-0.15, -0.1) is 0 Å². The van der Waals surface area contributed by atoms with Gasteiger partial charge in [0, 0.05) is 25.2 Å². The molecule has 1 saturated heterocycles. The molecule has 0 amide bonds. The van der Waals surface area contributed by atoms with Gasteiger partial charge in [-0.3, -0.25) is 10.1 Å². The molecule has 23 heavy (non-hydrogen) atoms. The topological polar surface area (TPSA) is 110 Å². The van der Waals surface area contributed by atoms with Crippen LogP contribution in [0.3, 0.4) is 0 Å². The molecule has 1 aliphatic heterocycles. The highest BCUT2D eigenvalue weighted by atomic mass is 19.4. The largest absolute Gasteiger partial charge is 0.490 e. The summed E-state index contributed by atoms with van der Waals surface area (Å²) >= 11 is 0. The van der Waals surface area contributed by atoms with Gasteiger partial charge in [0.05, 0.1) is 16.7 Å². The van der Waals surface area contributed by atoms with Gasteiger partial charge in [-0.2, -0.15) is 13.2 Å². The first kappa shape index (κ1) is 18.6. The van der Waals surface area contributed by atoms with Crippen molar-refractivity contribution in [3.05, 3.63) is 34.1 Å². The average molecular weight is 339 g/mol. The van der Waals surface area contributed by atoms with Gasteiger partial charge in [0.25, 0.3) is 5.69 Å². The molecule has 0 saturated carbocycles. The number of nitrogens with two attached hydrogens (primary N) is 1. The summed E-state index contributed by atoms with van der Waals surface area (Å²) in [7, 11) is 0. The highest BCUT2D eigenvalue weighted by Gasteiger charge is 2.38. The minimum Gasteiger partial charge on any atom is -0.475 e. The van der Waals surface area contributed by atoms with Gasteiger partial charge < -0.3 is 15.7 Å². The number of anilines is 1. The van der Waals surface area contributed by atoms with Crippen LogP contribution in [0, 0.1) is 15.9 Å². The van der Waals surface area contributed by atoms with E-state index in [0.717, 1.165) is 12.5 Å². The Balaban J connectivity index is 0.000000322. The van der Waals surface area contributed by atoms with Crippen molar-refractivity contribution >= 4 is 17.3 Å². The molecular weight excluding hydrogens is 326 g/mol. The molecular formula is C12H13F4N3O4. The quantitative estimate of drug-likeness (QED) is 0.484. The first-order valence-corrected chi connectivity index (χ1v) is 6.27. The second-order valence-corrected chi connectivity index (χ2v) is 4.69. The lowest BCUT2D eigenvalue weighted by atomic mass is 10.2. The SMILES string of the molecule is NC1CCN(c2ccc([N+](=O)[O-])cc2F)C1.O=C(O)C(F)(F)F. The molecule has 0 aromatic heterocycles. The summed E-state index contributed by atoms with van der Waals surface area (Å²) in [6, 6.07) is 3.74. The first-order valence-electron chi connectivity index (χ1n) is 6.27. The summed E-state index contributed by atoms with van der Waals surface area (Å²) in [4.78, 5) is 20.5. The smallest absolute Gasteiger partial charge is 0.475 e. The number of nitro groups is 1.